The molecular formula is C23H25ClN4O2S. The molecule has 2 aromatic carbocycles. The topological polar surface area (TPSA) is 71.3 Å². The summed E-state index contributed by atoms with van der Waals surface area (Å²) in [7, 11) is 0. The van der Waals surface area contributed by atoms with Crippen molar-refractivity contribution in [3.05, 3.63) is 59.4 Å². The van der Waals surface area contributed by atoms with Gasteiger partial charge in [0.25, 0.3) is 0 Å². The van der Waals surface area contributed by atoms with Crippen LogP contribution in [0.4, 0.5) is 5.69 Å². The van der Waals surface area contributed by atoms with Crippen LogP contribution in [0.25, 0.3) is 11.4 Å². The number of aromatic nitrogens is 2. The van der Waals surface area contributed by atoms with Gasteiger partial charge < -0.3 is 9.84 Å². The molecule has 0 bridgehead atoms. The summed E-state index contributed by atoms with van der Waals surface area (Å²) < 4.78 is 5.42. The molecule has 0 spiro atoms. The molecule has 1 amide bonds. The summed E-state index contributed by atoms with van der Waals surface area (Å²) in [6.07, 6.45) is 1.62. The van der Waals surface area contributed by atoms with Crippen LogP contribution in [0.15, 0.2) is 57.9 Å². The molecule has 1 aliphatic rings. The van der Waals surface area contributed by atoms with Gasteiger partial charge in [-0.2, -0.15) is 4.98 Å². The second-order valence-corrected chi connectivity index (χ2v) is 9.23. The molecule has 0 unspecified atom stereocenters. The average Bonchev–Trinajstić information content (AvgIpc) is 3.24. The number of anilines is 1. The molecule has 162 valence electrons. The van der Waals surface area contributed by atoms with Crippen LogP contribution in [0, 0.1) is 5.92 Å². The number of carbonyl (C=O) groups excluding carboxylic acids is 1. The normalized spacial score (nSPS) is 15.2. The molecule has 8 heteroatoms. The van der Waals surface area contributed by atoms with E-state index in [9.17, 15) is 4.79 Å². The molecule has 31 heavy (non-hydrogen) atoms. The van der Waals surface area contributed by atoms with Crippen LogP contribution in [0.1, 0.15) is 25.7 Å². The number of nitrogens with zero attached hydrogens (tertiary/aromatic N) is 3. The van der Waals surface area contributed by atoms with Gasteiger partial charge in [0, 0.05) is 21.4 Å². The Morgan fingerprint density at radius 1 is 1.23 bits per heavy atom. The van der Waals surface area contributed by atoms with Gasteiger partial charge in [-0.15, -0.1) is 11.8 Å². The van der Waals surface area contributed by atoms with Crippen molar-refractivity contribution >= 4 is 35.0 Å². The molecule has 1 fully saturated rings. The molecule has 3 aromatic rings. The van der Waals surface area contributed by atoms with Gasteiger partial charge in [-0.25, -0.2) is 0 Å². The predicted molar refractivity (Wildman–Crippen MR) is 124 cm³/mol. The molecule has 1 saturated heterocycles. The van der Waals surface area contributed by atoms with Crippen molar-refractivity contribution in [2.45, 2.75) is 31.2 Å². The number of halogens is 1. The zero-order valence-corrected chi connectivity index (χ0v) is 19.0. The summed E-state index contributed by atoms with van der Waals surface area (Å²) in [5, 5.41) is 7.83. The van der Waals surface area contributed by atoms with E-state index in [-0.39, 0.29) is 11.8 Å². The lowest BCUT2D eigenvalue weighted by Crippen LogP contribution is -2.37. The molecule has 0 radical (unpaired) electrons. The fourth-order valence-electron chi connectivity index (χ4n) is 3.69. The summed E-state index contributed by atoms with van der Waals surface area (Å²) in [5.41, 5.74) is 1.74. The van der Waals surface area contributed by atoms with E-state index >= 15 is 0 Å². The summed E-state index contributed by atoms with van der Waals surface area (Å²) in [5.74, 6) is 2.20. The Hall–Kier alpha value is -2.35. The minimum Gasteiger partial charge on any atom is -0.338 e. The second kappa shape index (κ2) is 10.3. The van der Waals surface area contributed by atoms with Crippen molar-refractivity contribution in [2.24, 2.45) is 5.92 Å². The molecular weight excluding hydrogens is 432 g/mol. The van der Waals surface area contributed by atoms with Crippen molar-refractivity contribution in [1.29, 1.82) is 0 Å². The Kier molecular flexibility index (Phi) is 7.27. The zero-order chi connectivity index (χ0) is 21.6. The van der Waals surface area contributed by atoms with E-state index in [1.807, 2.05) is 42.5 Å². The monoisotopic (exact) mass is 456 g/mol. The molecule has 0 atom stereocenters. The quantitative estimate of drug-likeness (QED) is 0.483. The lowest BCUT2D eigenvalue weighted by Gasteiger charge is -2.30. The number of piperidine rings is 1. The summed E-state index contributed by atoms with van der Waals surface area (Å²) in [6, 6.07) is 15.4. The highest BCUT2D eigenvalue weighted by Gasteiger charge is 2.26. The van der Waals surface area contributed by atoms with E-state index in [1.54, 1.807) is 11.8 Å². The Bertz CT molecular complexity index is 1030. The van der Waals surface area contributed by atoms with Crippen LogP contribution >= 0.6 is 23.4 Å². The first-order chi connectivity index (χ1) is 15.1. The van der Waals surface area contributed by atoms with E-state index in [2.05, 4.69) is 33.3 Å². The summed E-state index contributed by atoms with van der Waals surface area (Å²) in [6.45, 7) is 4.33. The largest absolute Gasteiger partial charge is 0.338 e. The Labute approximate surface area is 191 Å². The van der Waals surface area contributed by atoms with Crippen molar-refractivity contribution < 1.29 is 9.32 Å². The first-order valence-electron chi connectivity index (χ1n) is 10.5. The highest BCUT2D eigenvalue weighted by molar-refractivity contribution is 7.99. The smallest absolute Gasteiger partial charge is 0.241 e. The SMILES string of the molecule is CCSc1ccccc1NC(=O)C1CCN(Cc2nc(-c3cccc(Cl)c3)no2)CC1. The van der Waals surface area contributed by atoms with E-state index < -0.39 is 0 Å². The van der Waals surface area contributed by atoms with Gasteiger partial charge in [-0.1, -0.05) is 47.9 Å². The highest BCUT2D eigenvalue weighted by atomic mass is 35.5. The molecule has 1 aliphatic heterocycles. The first kappa shape index (κ1) is 21.9. The van der Waals surface area contributed by atoms with Crippen molar-refractivity contribution in [3.63, 3.8) is 0 Å². The van der Waals surface area contributed by atoms with Gasteiger partial charge in [0.1, 0.15) is 0 Å². The number of amides is 1. The molecule has 6 nitrogen and oxygen atoms in total. The third-order valence-corrected chi connectivity index (χ3v) is 6.50. The fraction of sp³-hybridized carbons (Fsp3) is 0.348. The molecule has 4 rings (SSSR count). The lowest BCUT2D eigenvalue weighted by atomic mass is 9.96. The van der Waals surface area contributed by atoms with Gasteiger partial charge in [0.15, 0.2) is 0 Å². The van der Waals surface area contributed by atoms with Crippen LogP contribution in [-0.2, 0) is 11.3 Å². The number of nitrogens with one attached hydrogen (secondary N) is 1. The first-order valence-corrected chi connectivity index (χ1v) is 11.8. The Morgan fingerprint density at radius 3 is 2.81 bits per heavy atom. The maximum atomic E-state index is 12.8. The molecule has 2 heterocycles. The highest BCUT2D eigenvalue weighted by Crippen LogP contribution is 2.28. The van der Waals surface area contributed by atoms with Crippen LogP contribution in [0.2, 0.25) is 5.02 Å². The third kappa shape index (κ3) is 5.67. The predicted octanol–water partition coefficient (Wildman–Crippen LogP) is 5.35. The van der Waals surface area contributed by atoms with E-state index in [4.69, 9.17) is 16.1 Å². The second-order valence-electron chi connectivity index (χ2n) is 7.49. The summed E-state index contributed by atoms with van der Waals surface area (Å²) >= 11 is 7.78. The zero-order valence-electron chi connectivity index (χ0n) is 17.4. The van der Waals surface area contributed by atoms with Crippen LogP contribution in [0.5, 0.6) is 0 Å². The minimum absolute atomic E-state index is 0.0145. The lowest BCUT2D eigenvalue weighted by molar-refractivity contribution is -0.121. The molecule has 0 aliphatic carbocycles. The fourth-order valence-corrected chi connectivity index (χ4v) is 4.65. The van der Waals surface area contributed by atoms with Gasteiger partial charge in [-0.3, -0.25) is 9.69 Å². The number of benzene rings is 2. The van der Waals surface area contributed by atoms with E-state index in [0.717, 1.165) is 47.8 Å². The van der Waals surface area contributed by atoms with Crippen LogP contribution in [-0.4, -0.2) is 39.8 Å². The number of hydrogen-bond acceptors (Lipinski definition) is 6. The number of para-hydroxylation sites is 1. The van der Waals surface area contributed by atoms with Gasteiger partial charge in [-0.05, 0) is 55.9 Å². The molecule has 1 aromatic heterocycles. The van der Waals surface area contributed by atoms with Crippen molar-refractivity contribution in [1.82, 2.24) is 15.0 Å². The Balaban J connectivity index is 1.30. The van der Waals surface area contributed by atoms with Crippen molar-refractivity contribution in [2.75, 3.05) is 24.2 Å². The van der Waals surface area contributed by atoms with E-state index in [1.165, 1.54) is 0 Å². The van der Waals surface area contributed by atoms with Gasteiger partial charge in [0.05, 0.1) is 12.2 Å². The number of hydrogen-bond donors (Lipinski definition) is 1. The number of carbonyl (C=O) groups is 1. The minimum atomic E-state index is 0.0145. The summed E-state index contributed by atoms with van der Waals surface area (Å²) in [4.78, 5) is 20.6. The van der Waals surface area contributed by atoms with Gasteiger partial charge in [0.2, 0.25) is 17.6 Å². The standard InChI is InChI=1S/C23H25ClN4O2S/c1-2-31-20-9-4-3-8-19(20)25-23(29)16-10-12-28(13-11-16)15-21-26-22(27-30-21)17-6-5-7-18(24)14-17/h3-9,14,16H,2,10-13,15H2,1H3,(H,25,29). The number of rotatable bonds is 7. The Morgan fingerprint density at radius 2 is 2.03 bits per heavy atom. The molecule has 0 saturated carbocycles. The van der Waals surface area contributed by atoms with Gasteiger partial charge >= 0.3 is 0 Å². The van der Waals surface area contributed by atoms with E-state index in [0.29, 0.717) is 23.3 Å². The molecule has 1 N–H and O–H groups in total. The third-order valence-electron chi connectivity index (χ3n) is 5.31. The number of thioether (sulfide) groups is 1. The average molecular weight is 457 g/mol. The van der Waals surface area contributed by atoms with Crippen molar-refractivity contribution in [3.8, 4) is 11.4 Å². The number of likely N-dealkylation sites (tertiary alicyclic amines) is 1. The van der Waals surface area contributed by atoms with Crippen LogP contribution < -0.4 is 5.32 Å². The van der Waals surface area contributed by atoms with Crippen LogP contribution in [0.3, 0.4) is 0 Å². The maximum Gasteiger partial charge on any atom is 0.241 e. The maximum absolute atomic E-state index is 12.8.